The van der Waals surface area contributed by atoms with Gasteiger partial charge in [-0.25, -0.2) is 0 Å². The first-order valence-electron chi connectivity index (χ1n) is 29.8. The summed E-state index contributed by atoms with van der Waals surface area (Å²) < 4.78 is 0. The second-order valence-corrected chi connectivity index (χ2v) is 24.0. The van der Waals surface area contributed by atoms with Gasteiger partial charge < -0.3 is 9.80 Å². The average Bonchev–Trinajstić information content (AvgIpc) is 4.06. The van der Waals surface area contributed by atoms with E-state index in [-0.39, 0.29) is 128 Å². The molecule has 76 heavy (non-hydrogen) atoms. The van der Waals surface area contributed by atoms with Gasteiger partial charge >= 0.3 is 0 Å². The number of rotatable bonds is 38. The number of amides is 10. The Morgan fingerprint density at radius 1 is 0.539 bits per heavy atom. The topological polar surface area (TPSA) is 190 Å². The Bertz CT molecular complexity index is 2000. The van der Waals surface area contributed by atoms with Gasteiger partial charge in [-0.2, -0.15) is 0 Å². The van der Waals surface area contributed by atoms with Crippen LogP contribution in [0.15, 0.2) is 12.2 Å². The van der Waals surface area contributed by atoms with Gasteiger partial charge in [0.15, 0.2) is 0 Å². The summed E-state index contributed by atoms with van der Waals surface area (Å²) in [5.74, 6) is 0.0259. The zero-order chi connectivity index (χ0) is 56.1. The van der Waals surface area contributed by atoms with Gasteiger partial charge in [0.1, 0.15) is 12.1 Å². The fraction of sp³-hybridized carbons (Fsp3) is 0.800. The normalized spacial score (nSPS) is 19.9. The van der Waals surface area contributed by atoms with Crippen LogP contribution >= 0.6 is 0 Å². The third-order valence-electron chi connectivity index (χ3n) is 16.8. The Labute approximate surface area is 456 Å². The summed E-state index contributed by atoms with van der Waals surface area (Å²) in [6, 6.07) is -1.51. The molecule has 3 fully saturated rings. The molecule has 4 aliphatic rings. The monoisotopic (exact) mass is 1060 g/mol. The first-order valence-corrected chi connectivity index (χ1v) is 29.8. The van der Waals surface area contributed by atoms with Crippen LogP contribution in [0.2, 0.25) is 0 Å². The maximum absolute atomic E-state index is 13.8. The molecule has 6 unspecified atom stereocenters. The van der Waals surface area contributed by atoms with E-state index in [0.717, 1.165) is 57.8 Å². The molecule has 0 N–H and O–H groups in total. The van der Waals surface area contributed by atoms with Gasteiger partial charge in [0.25, 0.3) is 23.6 Å². The van der Waals surface area contributed by atoms with Crippen molar-refractivity contribution < 1.29 is 47.9 Å². The van der Waals surface area contributed by atoms with E-state index in [9.17, 15) is 47.9 Å². The van der Waals surface area contributed by atoms with E-state index in [1.165, 1.54) is 76.7 Å². The number of unbranched alkanes of at least 4 members (excludes halogenated alkanes) is 10. The molecule has 428 valence electrons. The van der Waals surface area contributed by atoms with Crippen molar-refractivity contribution in [1.29, 1.82) is 0 Å². The molecule has 0 aliphatic carbocycles. The number of nitrogens with zero attached hydrogens (tertiary/aromatic N) is 6. The van der Waals surface area contributed by atoms with E-state index in [1.807, 2.05) is 20.8 Å². The van der Waals surface area contributed by atoms with Gasteiger partial charge in [-0.3, -0.25) is 67.5 Å². The van der Waals surface area contributed by atoms with Crippen molar-refractivity contribution in [3.8, 4) is 0 Å². The van der Waals surface area contributed by atoms with Gasteiger partial charge in [-0.15, -0.1) is 0 Å². The first kappa shape index (κ1) is 63.8. The molecule has 0 aromatic heterocycles. The molecule has 0 aromatic carbocycles. The number of carbonyl (C=O) groups excluding carboxylic acids is 10. The summed E-state index contributed by atoms with van der Waals surface area (Å²) in [6.07, 6.45) is 22.5. The molecule has 0 spiro atoms. The van der Waals surface area contributed by atoms with Gasteiger partial charge in [-0.05, 0) is 80.0 Å². The van der Waals surface area contributed by atoms with Crippen LogP contribution < -0.4 is 0 Å². The lowest BCUT2D eigenvalue weighted by Crippen LogP contribution is -2.47. The van der Waals surface area contributed by atoms with E-state index in [2.05, 4.69) is 27.7 Å². The molecule has 4 heterocycles. The van der Waals surface area contributed by atoms with Crippen molar-refractivity contribution in [2.75, 3.05) is 39.3 Å². The maximum Gasteiger partial charge on any atom is 0.253 e. The van der Waals surface area contributed by atoms with Crippen molar-refractivity contribution in [3.05, 3.63) is 12.2 Å². The van der Waals surface area contributed by atoms with E-state index in [4.69, 9.17) is 0 Å². The van der Waals surface area contributed by atoms with Crippen LogP contribution in [0.1, 0.15) is 223 Å². The maximum atomic E-state index is 13.8. The van der Waals surface area contributed by atoms with Gasteiger partial charge in [0.05, 0.1) is 12.8 Å². The second-order valence-electron chi connectivity index (χ2n) is 24.0. The summed E-state index contributed by atoms with van der Waals surface area (Å²) in [7, 11) is 0. The average molecular weight is 1060 g/mol. The Morgan fingerprint density at radius 2 is 1.01 bits per heavy atom. The van der Waals surface area contributed by atoms with E-state index in [0.29, 0.717) is 63.2 Å². The van der Waals surface area contributed by atoms with Crippen LogP contribution in [0, 0.1) is 35.0 Å². The number of imide groups is 4. The molecular weight excluding hydrogens is 965 g/mol. The third kappa shape index (κ3) is 19.0. The molecule has 4 rings (SSSR count). The number of hydrogen-bond donors (Lipinski definition) is 0. The molecule has 6 atom stereocenters. The zero-order valence-corrected chi connectivity index (χ0v) is 48.4. The molecule has 16 nitrogen and oxygen atoms in total. The smallest absolute Gasteiger partial charge is 0.253 e. The van der Waals surface area contributed by atoms with E-state index < -0.39 is 12.1 Å². The molecule has 0 aromatic rings. The van der Waals surface area contributed by atoms with Gasteiger partial charge in [-0.1, -0.05) is 139 Å². The van der Waals surface area contributed by atoms with Crippen LogP contribution in [-0.2, 0) is 47.9 Å². The minimum atomic E-state index is -0.757. The molecule has 0 bridgehead atoms. The quantitative estimate of drug-likeness (QED) is 0.0425. The SMILES string of the molecule is CCC(=O)N(CCCCCCCCC(C(C)C)C(CC)CCCCCCCCN(C(=O)CC)C1CC(=O)N(CC(C)(C)CC(C)CCN2C(=O)CCC2=O)C1=O)C1CC(=O)N(CCCC(C)CN2C(=O)C=CC2=O)C1=O. The number of likely N-dealkylation sites (tertiary alicyclic amines) is 3. The van der Waals surface area contributed by atoms with Crippen molar-refractivity contribution in [2.24, 2.45) is 35.0 Å². The fourth-order valence-electron chi connectivity index (χ4n) is 12.5. The Hall–Kier alpha value is -4.76. The fourth-order valence-corrected chi connectivity index (χ4v) is 12.5. The summed E-state index contributed by atoms with van der Waals surface area (Å²) >= 11 is 0. The van der Waals surface area contributed by atoms with Crippen LogP contribution in [-0.4, -0.2) is 140 Å². The molecule has 16 heteroatoms. The lowest BCUT2D eigenvalue weighted by Gasteiger charge is -2.33. The molecular formula is C60H98N6O10. The Balaban J connectivity index is 1.09. The Kier molecular flexibility index (Phi) is 26.5. The minimum absolute atomic E-state index is 0.0126. The van der Waals surface area contributed by atoms with Gasteiger partial charge in [0, 0.05) is 77.1 Å². The summed E-state index contributed by atoms with van der Waals surface area (Å²) in [4.78, 5) is 136. The van der Waals surface area contributed by atoms with Crippen LogP contribution in [0.3, 0.4) is 0 Å². The lowest BCUT2D eigenvalue weighted by atomic mass is 9.76. The molecule has 10 amide bonds. The van der Waals surface area contributed by atoms with Crippen molar-refractivity contribution in [3.63, 3.8) is 0 Å². The van der Waals surface area contributed by atoms with Crippen molar-refractivity contribution in [2.45, 2.75) is 235 Å². The minimum Gasteiger partial charge on any atom is -0.330 e. The van der Waals surface area contributed by atoms with Crippen LogP contribution in [0.5, 0.6) is 0 Å². The van der Waals surface area contributed by atoms with Gasteiger partial charge in [0.2, 0.25) is 35.4 Å². The van der Waals surface area contributed by atoms with E-state index >= 15 is 0 Å². The highest BCUT2D eigenvalue weighted by atomic mass is 16.2. The molecule has 4 aliphatic heterocycles. The van der Waals surface area contributed by atoms with E-state index in [1.54, 1.807) is 23.6 Å². The van der Waals surface area contributed by atoms with Crippen LogP contribution in [0.4, 0.5) is 0 Å². The summed E-state index contributed by atoms with van der Waals surface area (Å²) in [5.41, 5.74) is -0.374. The molecule has 0 radical (unpaired) electrons. The highest BCUT2D eigenvalue weighted by Crippen LogP contribution is 2.35. The largest absolute Gasteiger partial charge is 0.330 e. The highest BCUT2D eigenvalue weighted by Gasteiger charge is 2.46. The van der Waals surface area contributed by atoms with Crippen LogP contribution in [0.25, 0.3) is 0 Å². The zero-order valence-electron chi connectivity index (χ0n) is 48.4. The van der Waals surface area contributed by atoms with Crippen molar-refractivity contribution in [1.82, 2.24) is 29.4 Å². The summed E-state index contributed by atoms with van der Waals surface area (Å²) in [6.45, 7) is 20.9. The molecule has 0 saturated carbocycles. The van der Waals surface area contributed by atoms with Crippen molar-refractivity contribution >= 4 is 59.1 Å². The predicted molar refractivity (Wildman–Crippen MR) is 293 cm³/mol. The number of hydrogen-bond acceptors (Lipinski definition) is 10. The second kappa shape index (κ2) is 31.6. The highest BCUT2D eigenvalue weighted by molar-refractivity contribution is 6.13. The lowest BCUT2D eigenvalue weighted by molar-refractivity contribution is -0.145. The molecule has 3 saturated heterocycles. The first-order chi connectivity index (χ1) is 36.1. The third-order valence-corrected chi connectivity index (χ3v) is 16.8. The predicted octanol–water partition coefficient (Wildman–Crippen LogP) is 9.41. The number of carbonyl (C=O) groups is 10. The standard InChI is InChI=1S/C60H98N6O10/c1-10-46(27-21-17-13-15-19-24-35-62(51(68)12-3)49-39-57(74)66(59(49)76)42-60(8,9)40-44(6)33-37-63-52(69)29-30-53(63)70)47(43(4)5)28-22-18-14-16-20-23-34-61(50(67)11-2)48-38-56(73)64(58(48)75)36-25-26-45(7)41-65-54(71)31-32-55(65)72/h31-32,43-49H,10-30,33-42H2,1-9H3. The Morgan fingerprint density at radius 3 is 1.51 bits per heavy atom. The summed E-state index contributed by atoms with van der Waals surface area (Å²) in [5, 5.41) is 0.